The Morgan fingerprint density at radius 3 is 2.62 bits per heavy atom. The zero-order chi connectivity index (χ0) is 17.1. The molecule has 0 saturated carbocycles. The highest BCUT2D eigenvalue weighted by molar-refractivity contribution is 8.00. The summed E-state index contributed by atoms with van der Waals surface area (Å²) < 4.78 is 0. The summed E-state index contributed by atoms with van der Waals surface area (Å²) in [5.41, 5.74) is 1.17. The molecule has 4 nitrogen and oxygen atoms in total. The quantitative estimate of drug-likeness (QED) is 0.544. The van der Waals surface area contributed by atoms with Gasteiger partial charge >= 0.3 is 0 Å². The van der Waals surface area contributed by atoms with E-state index in [1.807, 2.05) is 39.0 Å². The van der Waals surface area contributed by atoms with E-state index >= 15 is 0 Å². The normalized spacial score (nSPS) is 12.5. The molecule has 1 amide bonds. The van der Waals surface area contributed by atoms with Crippen LogP contribution >= 0.6 is 23.1 Å². The van der Waals surface area contributed by atoms with Gasteiger partial charge < -0.3 is 5.32 Å². The van der Waals surface area contributed by atoms with E-state index in [1.165, 1.54) is 17.3 Å². The molecule has 0 aliphatic heterocycles. The van der Waals surface area contributed by atoms with Crippen LogP contribution in [0.25, 0.3) is 20.7 Å². The lowest BCUT2D eigenvalue weighted by molar-refractivity contribution is -0.120. The second kappa shape index (κ2) is 7.32. The summed E-state index contributed by atoms with van der Waals surface area (Å²) in [5, 5.41) is 4.60. The molecule has 3 aromatic rings. The predicted octanol–water partition coefficient (Wildman–Crippen LogP) is 4.36. The van der Waals surface area contributed by atoms with Crippen LogP contribution in [0.4, 0.5) is 0 Å². The molecule has 3 rings (SSSR count). The molecule has 0 radical (unpaired) electrons. The largest absolute Gasteiger partial charge is 0.353 e. The van der Waals surface area contributed by atoms with E-state index in [1.54, 1.807) is 17.7 Å². The molecule has 6 heteroatoms. The molecule has 1 unspecified atom stereocenters. The van der Waals surface area contributed by atoms with Crippen molar-refractivity contribution < 1.29 is 4.79 Å². The van der Waals surface area contributed by atoms with Gasteiger partial charge in [-0.05, 0) is 32.4 Å². The molecule has 0 fully saturated rings. The fourth-order valence-electron chi connectivity index (χ4n) is 2.30. The Hall–Kier alpha value is -1.92. The van der Waals surface area contributed by atoms with Gasteiger partial charge in [0.2, 0.25) is 5.91 Å². The number of carbonyl (C=O) groups excluding carboxylic acids is 1. The van der Waals surface area contributed by atoms with Crippen LogP contribution in [0.1, 0.15) is 20.8 Å². The van der Waals surface area contributed by atoms with E-state index in [0.717, 1.165) is 20.1 Å². The standard InChI is InChI=1S/C18H19N3OS2/c1-11(2)21-16(22)12(3)23-17-14-9-15(13-7-5-4-6-8-13)24-18(14)20-10-19-17/h4-12H,1-3H3,(H,21,22). The van der Waals surface area contributed by atoms with Gasteiger partial charge in [0.15, 0.2) is 0 Å². The SMILES string of the molecule is CC(C)NC(=O)C(C)Sc1ncnc2sc(-c3ccccc3)cc12. The summed E-state index contributed by atoms with van der Waals surface area (Å²) in [5.74, 6) is 0.0280. The minimum absolute atomic E-state index is 0.0280. The van der Waals surface area contributed by atoms with Crippen LogP contribution in [-0.2, 0) is 4.79 Å². The van der Waals surface area contributed by atoms with Crippen molar-refractivity contribution in [2.75, 3.05) is 0 Å². The molecule has 2 heterocycles. The van der Waals surface area contributed by atoms with Gasteiger partial charge in [0.05, 0.1) is 5.25 Å². The first-order valence-corrected chi connectivity index (χ1v) is 9.51. The summed E-state index contributed by atoms with van der Waals surface area (Å²) >= 11 is 3.12. The molecule has 0 bridgehead atoms. The Morgan fingerprint density at radius 1 is 1.17 bits per heavy atom. The van der Waals surface area contributed by atoms with Crippen molar-refractivity contribution in [2.45, 2.75) is 37.1 Å². The van der Waals surface area contributed by atoms with Gasteiger partial charge in [-0.3, -0.25) is 4.79 Å². The molecule has 0 aliphatic rings. The lowest BCUT2D eigenvalue weighted by Gasteiger charge is -2.13. The molecule has 0 aliphatic carbocycles. The second-order valence-electron chi connectivity index (χ2n) is 5.80. The van der Waals surface area contributed by atoms with E-state index in [-0.39, 0.29) is 17.2 Å². The predicted molar refractivity (Wildman–Crippen MR) is 101 cm³/mol. The molecule has 124 valence electrons. The second-order valence-corrected chi connectivity index (χ2v) is 8.16. The van der Waals surface area contributed by atoms with E-state index in [4.69, 9.17) is 0 Å². The van der Waals surface area contributed by atoms with Crippen LogP contribution in [0.2, 0.25) is 0 Å². The summed E-state index contributed by atoms with van der Waals surface area (Å²) in [6.45, 7) is 5.83. The number of aromatic nitrogens is 2. The Balaban J connectivity index is 1.89. The van der Waals surface area contributed by atoms with E-state index in [0.29, 0.717) is 0 Å². The minimum Gasteiger partial charge on any atom is -0.353 e. The molecular weight excluding hydrogens is 338 g/mol. The fourth-order valence-corrected chi connectivity index (χ4v) is 4.26. The molecule has 24 heavy (non-hydrogen) atoms. The lowest BCUT2D eigenvalue weighted by atomic mass is 10.2. The first-order chi connectivity index (χ1) is 11.5. The molecule has 1 atom stereocenters. The van der Waals surface area contributed by atoms with Gasteiger partial charge in [-0.25, -0.2) is 9.97 Å². The van der Waals surface area contributed by atoms with Crippen LogP contribution in [0.3, 0.4) is 0 Å². The number of carbonyl (C=O) groups is 1. The van der Waals surface area contributed by atoms with Gasteiger partial charge in [-0.15, -0.1) is 11.3 Å². The maximum atomic E-state index is 12.1. The number of fused-ring (bicyclic) bond motifs is 1. The van der Waals surface area contributed by atoms with Crippen molar-refractivity contribution in [2.24, 2.45) is 0 Å². The molecule has 1 N–H and O–H groups in total. The highest BCUT2D eigenvalue weighted by Crippen LogP contribution is 2.37. The number of nitrogens with one attached hydrogen (secondary N) is 1. The topological polar surface area (TPSA) is 54.9 Å². The number of hydrogen-bond donors (Lipinski definition) is 1. The van der Waals surface area contributed by atoms with Crippen LogP contribution in [0.15, 0.2) is 47.8 Å². The highest BCUT2D eigenvalue weighted by atomic mass is 32.2. The average molecular weight is 358 g/mol. The molecular formula is C18H19N3OS2. The van der Waals surface area contributed by atoms with E-state index in [2.05, 4.69) is 33.5 Å². The number of thiophene rings is 1. The minimum atomic E-state index is -0.203. The van der Waals surface area contributed by atoms with Crippen molar-refractivity contribution in [3.63, 3.8) is 0 Å². The Kier molecular flexibility index (Phi) is 5.16. The number of benzene rings is 1. The molecule has 0 saturated heterocycles. The van der Waals surface area contributed by atoms with Gasteiger partial charge in [0, 0.05) is 16.3 Å². The Bertz CT molecular complexity index is 846. The first kappa shape index (κ1) is 16.9. The molecule has 1 aromatic carbocycles. The van der Waals surface area contributed by atoms with E-state index < -0.39 is 0 Å². The van der Waals surface area contributed by atoms with Crippen molar-refractivity contribution in [1.82, 2.24) is 15.3 Å². The fraction of sp³-hybridized carbons (Fsp3) is 0.278. The smallest absolute Gasteiger partial charge is 0.233 e. The monoisotopic (exact) mass is 357 g/mol. The average Bonchev–Trinajstić information content (AvgIpc) is 3.00. The summed E-state index contributed by atoms with van der Waals surface area (Å²) in [7, 11) is 0. The van der Waals surface area contributed by atoms with E-state index in [9.17, 15) is 4.79 Å². The Labute approximate surface area is 149 Å². The Morgan fingerprint density at radius 2 is 1.92 bits per heavy atom. The highest BCUT2D eigenvalue weighted by Gasteiger charge is 2.18. The maximum absolute atomic E-state index is 12.1. The third-order valence-electron chi connectivity index (χ3n) is 3.44. The molecule has 2 aromatic heterocycles. The number of rotatable bonds is 5. The third kappa shape index (κ3) is 3.76. The third-order valence-corrected chi connectivity index (χ3v) is 5.65. The number of hydrogen-bond acceptors (Lipinski definition) is 5. The zero-order valence-electron chi connectivity index (χ0n) is 13.8. The summed E-state index contributed by atoms with van der Waals surface area (Å²) in [6.07, 6.45) is 1.57. The summed E-state index contributed by atoms with van der Waals surface area (Å²) in [6, 6.07) is 12.5. The van der Waals surface area contributed by atoms with Crippen LogP contribution < -0.4 is 5.32 Å². The van der Waals surface area contributed by atoms with Crippen LogP contribution in [0.5, 0.6) is 0 Å². The number of amides is 1. The number of thioether (sulfide) groups is 1. The van der Waals surface area contributed by atoms with Gasteiger partial charge in [-0.1, -0.05) is 42.1 Å². The maximum Gasteiger partial charge on any atom is 0.233 e. The first-order valence-electron chi connectivity index (χ1n) is 7.81. The van der Waals surface area contributed by atoms with Gasteiger partial charge in [-0.2, -0.15) is 0 Å². The van der Waals surface area contributed by atoms with Crippen LogP contribution in [0, 0.1) is 0 Å². The molecule has 0 spiro atoms. The van der Waals surface area contributed by atoms with Crippen molar-refractivity contribution >= 4 is 39.2 Å². The van der Waals surface area contributed by atoms with Crippen molar-refractivity contribution in [3.05, 3.63) is 42.7 Å². The number of nitrogens with zero attached hydrogens (tertiary/aromatic N) is 2. The van der Waals surface area contributed by atoms with Crippen LogP contribution in [-0.4, -0.2) is 27.2 Å². The van der Waals surface area contributed by atoms with Crippen molar-refractivity contribution in [1.29, 1.82) is 0 Å². The lowest BCUT2D eigenvalue weighted by Crippen LogP contribution is -2.35. The zero-order valence-corrected chi connectivity index (χ0v) is 15.4. The van der Waals surface area contributed by atoms with Gasteiger partial charge in [0.25, 0.3) is 0 Å². The summed E-state index contributed by atoms with van der Waals surface area (Å²) in [4.78, 5) is 23.0. The van der Waals surface area contributed by atoms with Gasteiger partial charge in [0.1, 0.15) is 16.2 Å². The van der Waals surface area contributed by atoms with Crippen molar-refractivity contribution in [3.8, 4) is 10.4 Å².